The van der Waals surface area contributed by atoms with E-state index >= 15 is 0 Å². The zero-order valence-electron chi connectivity index (χ0n) is 16.0. The normalized spacial score (nSPS) is 11.6. The van der Waals surface area contributed by atoms with E-state index < -0.39 is 0 Å². The lowest BCUT2D eigenvalue weighted by Crippen LogP contribution is -2.35. The van der Waals surface area contributed by atoms with Crippen LogP contribution in [-0.2, 0) is 0 Å². The molecule has 0 bridgehead atoms. The Morgan fingerprint density at radius 3 is 2.75 bits per heavy atom. The predicted molar refractivity (Wildman–Crippen MR) is 113 cm³/mol. The van der Waals surface area contributed by atoms with Crippen molar-refractivity contribution >= 4 is 33.7 Å². The molecule has 4 aromatic rings. The molecule has 3 heterocycles. The van der Waals surface area contributed by atoms with E-state index in [4.69, 9.17) is 5.73 Å². The number of carbonyl (C=O) groups is 1. The van der Waals surface area contributed by atoms with Gasteiger partial charge >= 0.3 is 0 Å². The van der Waals surface area contributed by atoms with Crippen molar-refractivity contribution in [3.63, 3.8) is 0 Å². The molecule has 4 rings (SSSR count). The van der Waals surface area contributed by atoms with E-state index in [9.17, 15) is 4.79 Å². The average molecular weight is 376 g/mol. The van der Waals surface area contributed by atoms with Gasteiger partial charge in [-0.25, -0.2) is 9.97 Å². The van der Waals surface area contributed by atoms with Gasteiger partial charge in [-0.15, -0.1) is 6.58 Å². The number of hydrogen-bond acceptors (Lipinski definition) is 4. The lowest BCUT2D eigenvalue weighted by atomic mass is 10.1. The van der Waals surface area contributed by atoms with E-state index in [1.165, 1.54) is 6.33 Å². The molecular formula is C21H24N6O. The summed E-state index contributed by atoms with van der Waals surface area (Å²) in [6, 6.07) is 9.61. The lowest BCUT2D eigenvalue weighted by Gasteiger charge is -2.24. The first kappa shape index (κ1) is 19.2. The van der Waals surface area contributed by atoms with Crippen LogP contribution in [0.15, 0.2) is 61.7 Å². The van der Waals surface area contributed by atoms with E-state index in [0.29, 0.717) is 11.4 Å². The van der Waals surface area contributed by atoms with Crippen molar-refractivity contribution in [3.05, 3.63) is 67.3 Å². The fourth-order valence-electron chi connectivity index (χ4n) is 3.03. The van der Waals surface area contributed by atoms with Crippen LogP contribution >= 0.6 is 0 Å². The first-order chi connectivity index (χ1) is 13.5. The molecule has 0 spiro atoms. The molecule has 0 saturated carbocycles. The maximum atomic E-state index is 12.3. The van der Waals surface area contributed by atoms with Gasteiger partial charge in [0.25, 0.3) is 5.91 Å². The summed E-state index contributed by atoms with van der Waals surface area (Å²) >= 11 is 0. The Morgan fingerprint density at radius 1 is 1.25 bits per heavy atom. The molecule has 0 aliphatic carbocycles. The third-order valence-electron chi connectivity index (χ3n) is 4.69. The van der Waals surface area contributed by atoms with Crippen molar-refractivity contribution in [2.24, 2.45) is 0 Å². The van der Waals surface area contributed by atoms with Crippen LogP contribution in [0, 0.1) is 0 Å². The van der Waals surface area contributed by atoms with Crippen molar-refractivity contribution in [2.75, 3.05) is 12.8 Å². The fourth-order valence-corrected chi connectivity index (χ4v) is 3.03. The quantitative estimate of drug-likeness (QED) is 0.472. The Kier molecular flexibility index (Phi) is 5.74. The van der Waals surface area contributed by atoms with Crippen LogP contribution in [0.4, 0.5) is 5.82 Å². The molecule has 0 radical (unpaired) electrons. The second-order valence-corrected chi connectivity index (χ2v) is 6.41. The topological polar surface area (TPSA) is 104 Å². The molecule has 0 saturated heterocycles. The van der Waals surface area contributed by atoms with Crippen LogP contribution in [-0.4, -0.2) is 43.8 Å². The van der Waals surface area contributed by atoms with E-state index in [0.717, 1.165) is 28.4 Å². The Bertz CT molecular complexity index is 1100. The second kappa shape index (κ2) is 8.39. The summed E-state index contributed by atoms with van der Waals surface area (Å²) in [4.78, 5) is 27.9. The number of aromatic nitrogens is 4. The van der Waals surface area contributed by atoms with Crippen molar-refractivity contribution in [1.82, 2.24) is 24.8 Å². The number of fused-ring (bicyclic) bond motifs is 2. The number of benzene rings is 1. The number of nitrogens with zero attached hydrogens (tertiary/aromatic N) is 3. The molecule has 7 nitrogen and oxygen atoms in total. The second-order valence-electron chi connectivity index (χ2n) is 6.41. The highest BCUT2D eigenvalue weighted by Gasteiger charge is 2.17. The zero-order chi connectivity index (χ0) is 20.1. The number of aromatic amines is 2. The maximum absolute atomic E-state index is 12.3. The number of amides is 1. The summed E-state index contributed by atoms with van der Waals surface area (Å²) in [7, 11) is 1.82. The number of hydrogen-bond donors (Lipinski definition) is 3. The van der Waals surface area contributed by atoms with Crippen LogP contribution in [0.1, 0.15) is 23.7 Å². The molecule has 0 fully saturated rings. The molecule has 1 aromatic carbocycles. The van der Waals surface area contributed by atoms with Gasteiger partial charge in [-0.3, -0.25) is 4.79 Å². The summed E-state index contributed by atoms with van der Waals surface area (Å²) in [5.41, 5.74) is 8.07. The highest BCUT2D eigenvalue weighted by Crippen LogP contribution is 2.17. The van der Waals surface area contributed by atoms with Gasteiger partial charge in [0.05, 0.1) is 5.39 Å². The van der Waals surface area contributed by atoms with Gasteiger partial charge in [-0.2, -0.15) is 0 Å². The number of H-pyrrole nitrogens is 2. The van der Waals surface area contributed by atoms with Crippen LogP contribution in [0.25, 0.3) is 21.9 Å². The molecule has 144 valence electrons. The number of rotatable bonds is 4. The standard InChI is InChI=1S/C15H18N2O.C6H6N4/c1-4-13(5-2)17(3)15(18)12-6-7-14-11(10-12)8-9-16-14;7-5-4-1-2-8-6(4)10-3-9-5/h4,6-10,13,16H,1,5H2,2-3H3;1-3H,(H3,7,8,9,10). The third kappa shape index (κ3) is 3.88. The summed E-state index contributed by atoms with van der Waals surface area (Å²) in [5, 5.41) is 1.93. The van der Waals surface area contributed by atoms with E-state index in [2.05, 4.69) is 26.5 Å². The van der Waals surface area contributed by atoms with Crippen molar-refractivity contribution in [3.8, 4) is 0 Å². The molecule has 0 aliphatic rings. The average Bonchev–Trinajstić information content (AvgIpc) is 3.38. The minimum Gasteiger partial charge on any atom is -0.383 e. The van der Waals surface area contributed by atoms with E-state index in [1.807, 2.05) is 56.6 Å². The number of nitrogen functional groups attached to an aromatic ring is 1. The Morgan fingerprint density at radius 2 is 2.04 bits per heavy atom. The van der Waals surface area contributed by atoms with Gasteiger partial charge in [0.15, 0.2) is 0 Å². The van der Waals surface area contributed by atoms with Gasteiger partial charge in [0.1, 0.15) is 17.8 Å². The highest BCUT2D eigenvalue weighted by molar-refractivity contribution is 5.98. The number of nitrogens with two attached hydrogens (primary N) is 1. The van der Waals surface area contributed by atoms with Crippen molar-refractivity contribution in [1.29, 1.82) is 0 Å². The van der Waals surface area contributed by atoms with Crippen LogP contribution in [0.2, 0.25) is 0 Å². The summed E-state index contributed by atoms with van der Waals surface area (Å²) in [6.45, 7) is 5.82. The van der Waals surface area contributed by atoms with Gasteiger partial charge in [-0.1, -0.05) is 13.0 Å². The largest absolute Gasteiger partial charge is 0.383 e. The molecule has 4 N–H and O–H groups in total. The van der Waals surface area contributed by atoms with Crippen molar-refractivity contribution in [2.45, 2.75) is 19.4 Å². The molecule has 3 aromatic heterocycles. The summed E-state index contributed by atoms with van der Waals surface area (Å²) in [5.74, 6) is 0.552. The van der Waals surface area contributed by atoms with Crippen molar-refractivity contribution < 1.29 is 4.79 Å². The summed E-state index contributed by atoms with van der Waals surface area (Å²) in [6.07, 6.45) is 7.79. The molecule has 28 heavy (non-hydrogen) atoms. The Balaban J connectivity index is 0.000000188. The maximum Gasteiger partial charge on any atom is 0.254 e. The Labute approximate surface area is 163 Å². The molecule has 7 heteroatoms. The predicted octanol–water partition coefficient (Wildman–Crippen LogP) is 3.74. The monoisotopic (exact) mass is 376 g/mol. The highest BCUT2D eigenvalue weighted by atomic mass is 16.2. The molecule has 0 aliphatic heterocycles. The van der Waals surface area contributed by atoms with Gasteiger partial charge in [0.2, 0.25) is 0 Å². The zero-order valence-corrected chi connectivity index (χ0v) is 16.0. The number of anilines is 1. The number of likely N-dealkylation sites (N-methyl/N-ethyl adjacent to an activating group) is 1. The number of carbonyl (C=O) groups excluding carboxylic acids is 1. The number of nitrogens with one attached hydrogen (secondary N) is 2. The third-order valence-corrected chi connectivity index (χ3v) is 4.69. The van der Waals surface area contributed by atoms with Crippen LogP contribution in [0.3, 0.4) is 0 Å². The van der Waals surface area contributed by atoms with Crippen LogP contribution < -0.4 is 5.73 Å². The first-order valence-corrected chi connectivity index (χ1v) is 9.05. The van der Waals surface area contributed by atoms with Crippen LogP contribution in [0.5, 0.6) is 0 Å². The first-order valence-electron chi connectivity index (χ1n) is 9.05. The Hall–Kier alpha value is -3.61. The molecular weight excluding hydrogens is 352 g/mol. The van der Waals surface area contributed by atoms with Gasteiger partial charge in [0, 0.05) is 41.9 Å². The van der Waals surface area contributed by atoms with E-state index in [1.54, 1.807) is 11.1 Å². The summed E-state index contributed by atoms with van der Waals surface area (Å²) < 4.78 is 0. The molecule has 1 unspecified atom stereocenters. The van der Waals surface area contributed by atoms with E-state index in [-0.39, 0.29) is 11.9 Å². The fraction of sp³-hybridized carbons (Fsp3) is 0.190. The smallest absolute Gasteiger partial charge is 0.254 e. The molecule has 1 atom stereocenters. The minimum atomic E-state index is 0.0323. The minimum absolute atomic E-state index is 0.0323. The molecule has 1 amide bonds. The SMILES string of the molecule is C=CC(CC)N(C)C(=O)c1ccc2[nH]ccc2c1.Nc1ncnc2[nH]ccc12. The lowest BCUT2D eigenvalue weighted by molar-refractivity contribution is 0.0758. The van der Waals surface area contributed by atoms with Gasteiger partial charge in [-0.05, 0) is 36.8 Å². The van der Waals surface area contributed by atoms with Gasteiger partial charge < -0.3 is 20.6 Å².